The summed E-state index contributed by atoms with van der Waals surface area (Å²) in [4.78, 5) is 14.5. The van der Waals surface area contributed by atoms with E-state index in [2.05, 4.69) is 34.0 Å². The second-order valence-corrected chi connectivity index (χ2v) is 7.24. The Hall–Kier alpha value is -0.870. The molecule has 2 aliphatic rings. The van der Waals surface area contributed by atoms with Gasteiger partial charge in [-0.25, -0.2) is 0 Å². The molecule has 110 valence electrons. The normalized spacial score (nSPS) is 24.1. The Bertz CT molecular complexity index is 451. The predicted octanol–water partition coefficient (Wildman–Crippen LogP) is 2.67. The van der Waals surface area contributed by atoms with E-state index in [0.717, 1.165) is 38.9 Å². The smallest absolute Gasteiger partial charge is 0.222 e. The van der Waals surface area contributed by atoms with Crippen LogP contribution in [0.1, 0.15) is 38.2 Å². The van der Waals surface area contributed by atoms with Crippen molar-refractivity contribution in [3.63, 3.8) is 0 Å². The summed E-state index contributed by atoms with van der Waals surface area (Å²) in [5, 5.41) is 7.76. The molecular formula is C16H24N2OS. The molecule has 0 aromatic carbocycles. The molecule has 3 rings (SSSR count). The van der Waals surface area contributed by atoms with Crippen LogP contribution in [-0.2, 0) is 11.2 Å². The number of amides is 1. The second kappa shape index (κ2) is 5.86. The number of carbonyl (C=O) groups excluding carboxylic acids is 1. The highest BCUT2D eigenvalue weighted by Gasteiger charge is 2.40. The summed E-state index contributed by atoms with van der Waals surface area (Å²) in [5.41, 5.74) is 1.75. The lowest BCUT2D eigenvalue weighted by atomic mass is 9.72. The van der Waals surface area contributed by atoms with Crippen molar-refractivity contribution < 1.29 is 4.79 Å². The lowest BCUT2D eigenvalue weighted by Crippen LogP contribution is -2.53. The van der Waals surface area contributed by atoms with E-state index in [-0.39, 0.29) is 0 Å². The molecule has 0 unspecified atom stereocenters. The molecule has 1 aromatic heterocycles. The molecule has 1 amide bonds. The molecule has 1 atom stereocenters. The molecule has 1 aromatic rings. The lowest BCUT2D eigenvalue weighted by molar-refractivity contribution is -0.141. The second-order valence-electron chi connectivity index (χ2n) is 6.46. The fraction of sp³-hybridized carbons (Fsp3) is 0.688. The highest BCUT2D eigenvalue weighted by molar-refractivity contribution is 7.07. The first-order chi connectivity index (χ1) is 9.69. The summed E-state index contributed by atoms with van der Waals surface area (Å²) in [7, 11) is 0. The number of piperidine rings is 2. The van der Waals surface area contributed by atoms with Crippen molar-refractivity contribution in [2.45, 2.75) is 45.1 Å². The predicted molar refractivity (Wildman–Crippen MR) is 83.0 cm³/mol. The largest absolute Gasteiger partial charge is 0.339 e. The first-order valence-electron chi connectivity index (χ1n) is 7.70. The van der Waals surface area contributed by atoms with Crippen LogP contribution in [-0.4, -0.2) is 36.5 Å². The molecule has 1 spiro atoms. The molecule has 0 radical (unpaired) electrons. The molecule has 2 fully saturated rings. The zero-order valence-corrected chi connectivity index (χ0v) is 13.0. The number of thiophene rings is 1. The van der Waals surface area contributed by atoms with Crippen LogP contribution in [0.3, 0.4) is 0 Å². The summed E-state index contributed by atoms with van der Waals surface area (Å²) in [6.45, 7) is 5.40. The minimum Gasteiger partial charge on any atom is -0.339 e. The molecule has 0 bridgehead atoms. The van der Waals surface area contributed by atoms with Crippen molar-refractivity contribution in [3.05, 3.63) is 22.4 Å². The van der Waals surface area contributed by atoms with Crippen molar-refractivity contribution in [2.75, 3.05) is 19.6 Å². The summed E-state index contributed by atoms with van der Waals surface area (Å²) < 4.78 is 0. The molecule has 2 aliphatic heterocycles. The fourth-order valence-electron chi connectivity index (χ4n) is 3.67. The van der Waals surface area contributed by atoms with E-state index in [1.165, 1.54) is 18.4 Å². The monoisotopic (exact) mass is 292 g/mol. The van der Waals surface area contributed by atoms with Gasteiger partial charge in [-0.1, -0.05) is 0 Å². The summed E-state index contributed by atoms with van der Waals surface area (Å²) in [6, 6.07) is 2.50. The van der Waals surface area contributed by atoms with Crippen molar-refractivity contribution in [1.29, 1.82) is 0 Å². The van der Waals surface area contributed by atoms with E-state index in [1.807, 2.05) is 0 Å². The van der Waals surface area contributed by atoms with Crippen LogP contribution in [0, 0.1) is 5.41 Å². The molecule has 0 aliphatic carbocycles. The number of rotatable bonds is 3. The van der Waals surface area contributed by atoms with Gasteiger partial charge in [-0.05, 0) is 73.5 Å². The first kappa shape index (κ1) is 14.1. The SMILES string of the molecule is C[C@@H](Cc1ccsc1)N1CC2(CCNCC2)CCC1=O. The molecule has 4 heteroatoms. The van der Waals surface area contributed by atoms with Gasteiger partial charge in [0.15, 0.2) is 0 Å². The Balaban J connectivity index is 1.68. The maximum Gasteiger partial charge on any atom is 0.222 e. The number of carbonyl (C=O) groups is 1. The summed E-state index contributed by atoms with van der Waals surface area (Å²) in [6.07, 6.45) is 5.27. The van der Waals surface area contributed by atoms with Gasteiger partial charge >= 0.3 is 0 Å². The molecule has 3 heterocycles. The Morgan fingerprint density at radius 1 is 1.40 bits per heavy atom. The van der Waals surface area contributed by atoms with E-state index in [0.29, 0.717) is 17.4 Å². The van der Waals surface area contributed by atoms with Gasteiger partial charge in [-0.3, -0.25) is 4.79 Å². The zero-order valence-electron chi connectivity index (χ0n) is 12.2. The van der Waals surface area contributed by atoms with Crippen molar-refractivity contribution in [3.8, 4) is 0 Å². The van der Waals surface area contributed by atoms with Gasteiger partial charge in [0.2, 0.25) is 5.91 Å². The van der Waals surface area contributed by atoms with Gasteiger partial charge < -0.3 is 10.2 Å². The van der Waals surface area contributed by atoms with Crippen LogP contribution in [0.25, 0.3) is 0 Å². The van der Waals surface area contributed by atoms with Crippen molar-refractivity contribution >= 4 is 17.2 Å². The van der Waals surface area contributed by atoms with E-state index in [4.69, 9.17) is 0 Å². The third kappa shape index (κ3) is 2.91. The van der Waals surface area contributed by atoms with Gasteiger partial charge in [0, 0.05) is 19.0 Å². The van der Waals surface area contributed by atoms with Gasteiger partial charge in [0.05, 0.1) is 0 Å². The maximum absolute atomic E-state index is 12.3. The van der Waals surface area contributed by atoms with E-state index >= 15 is 0 Å². The quantitative estimate of drug-likeness (QED) is 0.929. The molecule has 1 N–H and O–H groups in total. The zero-order chi connectivity index (χ0) is 14.0. The van der Waals surface area contributed by atoms with Gasteiger partial charge in [0.25, 0.3) is 0 Å². The lowest BCUT2D eigenvalue weighted by Gasteiger charge is -2.47. The van der Waals surface area contributed by atoms with Crippen LogP contribution in [0.2, 0.25) is 0 Å². The molecule has 20 heavy (non-hydrogen) atoms. The minimum absolute atomic E-state index is 0.323. The molecule has 2 saturated heterocycles. The standard InChI is InChI=1S/C16H24N2OS/c1-13(10-14-3-9-20-11-14)18-12-16(4-2-15(18)19)5-7-17-8-6-16/h3,9,11,13,17H,2,4-8,10,12H2,1H3/t13-/m0/s1. The number of nitrogens with one attached hydrogen (secondary N) is 1. The van der Waals surface area contributed by atoms with E-state index in [9.17, 15) is 4.79 Å². The fourth-order valence-corrected chi connectivity index (χ4v) is 4.35. The third-order valence-corrected chi connectivity index (χ3v) is 5.73. The topological polar surface area (TPSA) is 32.3 Å². The Morgan fingerprint density at radius 2 is 2.20 bits per heavy atom. The van der Waals surface area contributed by atoms with Crippen LogP contribution in [0.4, 0.5) is 0 Å². The Labute approximate surface area is 125 Å². The van der Waals surface area contributed by atoms with Gasteiger partial charge in [-0.15, -0.1) is 0 Å². The van der Waals surface area contributed by atoms with Crippen LogP contribution in [0.15, 0.2) is 16.8 Å². The average molecular weight is 292 g/mol. The van der Waals surface area contributed by atoms with Crippen LogP contribution >= 0.6 is 11.3 Å². The minimum atomic E-state index is 0.323. The summed E-state index contributed by atoms with van der Waals surface area (Å²) in [5.74, 6) is 0.358. The highest BCUT2D eigenvalue weighted by atomic mass is 32.1. The Morgan fingerprint density at radius 3 is 2.90 bits per heavy atom. The van der Waals surface area contributed by atoms with Crippen molar-refractivity contribution in [2.24, 2.45) is 5.41 Å². The molecule has 3 nitrogen and oxygen atoms in total. The van der Waals surface area contributed by atoms with E-state index < -0.39 is 0 Å². The maximum atomic E-state index is 12.3. The van der Waals surface area contributed by atoms with Gasteiger partial charge in [0.1, 0.15) is 0 Å². The first-order valence-corrected chi connectivity index (χ1v) is 8.64. The third-order valence-electron chi connectivity index (χ3n) is 5.00. The molecular weight excluding hydrogens is 268 g/mol. The van der Waals surface area contributed by atoms with E-state index in [1.54, 1.807) is 11.3 Å². The number of likely N-dealkylation sites (tertiary alicyclic amines) is 1. The number of hydrogen-bond acceptors (Lipinski definition) is 3. The Kier molecular flexibility index (Phi) is 4.13. The highest BCUT2D eigenvalue weighted by Crippen LogP contribution is 2.39. The number of nitrogens with zero attached hydrogens (tertiary/aromatic N) is 1. The molecule has 0 saturated carbocycles. The van der Waals surface area contributed by atoms with Crippen LogP contribution < -0.4 is 5.32 Å². The average Bonchev–Trinajstić information content (AvgIpc) is 2.96. The van der Waals surface area contributed by atoms with Crippen LogP contribution in [0.5, 0.6) is 0 Å². The number of hydrogen-bond donors (Lipinski definition) is 1. The summed E-state index contributed by atoms with van der Waals surface area (Å²) >= 11 is 1.74. The van der Waals surface area contributed by atoms with Gasteiger partial charge in [-0.2, -0.15) is 11.3 Å². The van der Waals surface area contributed by atoms with Crippen molar-refractivity contribution in [1.82, 2.24) is 10.2 Å².